The minimum absolute atomic E-state index is 0.651. The molecular formula is C13H22. The lowest BCUT2D eigenvalue weighted by atomic mass is 9.71. The van der Waals surface area contributed by atoms with E-state index in [1.54, 1.807) is 0 Å². The van der Waals surface area contributed by atoms with Crippen molar-refractivity contribution in [3.8, 4) is 0 Å². The standard InChI is InChI=1S/C13H22/c1-2-5-9-13(10-6-3-1)11-7-4-8-12-13/h7,11H,1-6,8-10,12H2. The molecule has 0 heterocycles. The third-order valence-electron chi connectivity index (χ3n) is 3.87. The normalized spacial score (nSPS) is 28.3. The van der Waals surface area contributed by atoms with E-state index >= 15 is 0 Å². The SMILES string of the molecule is C1=CC2(CCC1)CCCCCCC2. The Balaban J connectivity index is 1.99. The molecule has 0 amide bonds. The summed E-state index contributed by atoms with van der Waals surface area (Å²) < 4.78 is 0. The molecule has 2 aliphatic carbocycles. The van der Waals surface area contributed by atoms with E-state index in [1.165, 1.54) is 64.2 Å². The average Bonchev–Trinajstić information content (AvgIpc) is 2.14. The molecule has 0 unspecified atom stereocenters. The largest absolute Gasteiger partial charge is 0.0880 e. The Hall–Kier alpha value is -0.260. The first-order chi connectivity index (χ1) is 6.41. The molecule has 2 aliphatic rings. The lowest BCUT2D eigenvalue weighted by molar-refractivity contribution is 0.246. The maximum absolute atomic E-state index is 2.56. The van der Waals surface area contributed by atoms with Crippen molar-refractivity contribution in [3.63, 3.8) is 0 Å². The summed E-state index contributed by atoms with van der Waals surface area (Å²) in [4.78, 5) is 0. The van der Waals surface area contributed by atoms with Crippen molar-refractivity contribution in [1.29, 1.82) is 0 Å². The summed E-state index contributed by atoms with van der Waals surface area (Å²) in [7, 11) is 0. The van der Waals surface area contributed by atoms with Crippen LogP contribution in [0.2, 0.25) is 0 Å². The van der Waals surface area contributed by atoms with Crippen LogP contribution in [0.4, 0.5) is 0 Å². The van der Waals surface area contributed by atoms with Gasteiger partial charge in [0.1, 0.15) is 0 Å². The van der Waals surface area contributed by atoms with Crippen molar-refractivity contribution in [3.05, 3.63) is 12.2 Å². The lowest BCUT2D eigenvalue weighted by Gasteiger charge is -2.35. The van der Waals surface area contributed by atoms with Gasteiger partial charge in [-0.05, 0) is 37.5 Å². The van der Waals surface area contributed by atoms with E-state index in [-0.39, 0.29) is 0 Å². The minimum atomic E-state index is 0.651. The van der Waals surface area contributed by atoms with Crippen molar-refractivity contribution in [2.75, 3.05) is 0 Å². The van der Waals surface area contributed by atoms with E-state index in [9.17, 15) is 0 Å². The Bertz CT molecular complexity index is 170. The van der Waals surface area contributed by atoms with Crippen LogP contribution in [0.5, 0.6) is 0 Å². The van der Waals surface area contributed by atoms with Crippen LogP contribution >= 0.6 is 0 Å². The summed E-state index contributed by atoms with van der Waals surface area (Å²) in [6, 6.07) is 0. The molecule has 0 aromatic rings. The zero-order valence-electron chi connectivity index (χ0n) is 8.73. The summed E-state index contributed by atoms with van der Waals surface area (Å²) in [5.41, 5.74) is 0.651. The van der Waals surface area contributed by atoms with Gasteiger partial charge in [0.05, 0.1) is 0 Å². The summed E-state index contributed by atoms with van der Waals surface area (Å²) in [5, 5.41) is 0. The van der Waals surface area contributed by atoms with Gasteiger partial charge in [-0.25, -0.2) is 0 Å². The van der Waals surface area contributed by atoms with Gasteiger partial charge in [0, 0.05) is 0 Å². The van der Waals surface area contributed by atoms with Gasteiger partial charge in [-0.1, -0.05) is 44.3 Å². The smallest absolute Gasteiger partial charge is 0.0118 e. The topological polar surface area (TPSA) is 0 Å². The molecule has 13 heavy (non-hydrogen) atoms. The van der Waals surface area contributed by atoms with Gasteiger partial charge in [-0.3, -0.25) is 0 Å². The molecule has 74 valence electrons. The van der Waals surface area contributed by atoms with Crippen LogP contribution in [-0.2, 0) is 0 Å². The van der Waals surface area contributed by atoms with Gasteiger partial charge in [-0.15, -0.1) is 0 Å². The van der Waals surface area contributed by atoms with Gasteiger partial charge >= 0.3 is 0 Å². The van der Waals surface area contributed by atoms with Crippen LogP contribution in [0.3, 0.4) is 0 Å². The van der Waals surface area contributed by atoms with Crippen LogP contribution in [0, 0.1) is 5.41 Å². The summed E-state index contributed by atoms with van der Waals surface area (Å²) >= 11 is 0. The van der Waals surface area contributed by atoms with Crippen molar-refractivity contribution in [2.45, 2.75) is 64.2 Å². The lowest BCUT2D eigenvalue weighted by Crippen LogP contribution is -2.21. The molecule has 0 radical (unpaired) electrons. The Labute approximate surface area is 82.4 Å². The second kappa shape index (κ2) is 4.30. The molecule has 0 N–H and O–H groups in total. The van der Waals surface area contributed by atoms with Gasteiger partial charge in [-0.2, -0.15) is 0 Å². The molecule has 1 fully saturated rings. The van der Waals surface area contributed by atoms with Crippen LogP contribution in [0.1, 0.15) is 64.2 Å². The number of hydrogen-bond acceptors (Lipinski definition) is 0. The molecular weight excluding hydrogens is 156 g/mol. The van der Waals surface area contributed by atoms with Gasteiger partial charge < -0.3 is 0 Å². The maximum atomic E-state index is 2.56. The molecule has 0 atom stereocenters. The molecule has 0 aliphatic heterocycles. The Kier molecular flexibility index (Phi) is 3.08. The van der Waals surface area contributed by atoms with E-state index in [1.807, 2.05) is 0 Å². The van der Waals surface area contributed by atoms with Crippen molar-refractivity contribution < 1.29 is 0 Å². The highest BCUT2D eigenvalue weighted by Crippen LogP contribution is 2.42. The van der Waals surface area contributed by atoms with Gasteiger partial charge in [0.15, 0.2) is 0 Å². The first kappa shape index (κ1) is 9.30. The first-order valence-corrected chi connectivity index (χ1v) is 6.09. The van der Waals surface area contributed by atoms with E-state index in [0.717, 1.165) is 0 Å². The molecule has 2 rings (SSSR count). The summed E-state index contributed by atoms with van der Waals surface area (Å²) in [5.74, 6) is 0. The molecule has 1 spiro atoms. The number of allylic oxidation sites excluding steroid dienone is 2. The molecule has 0 aromatic carbocycles. The number of hydrogen-bond donors (Lipinski definition) is 0. The van der Waals surface area contributed by atoms with Crippen LogP contribution in [-0.4, -0.2) is 0 Å². The molecule has 0 saturated heterocycles. The maximum Gasteiger partial charge on any atom is -0.0118 e. The highest BCUT2D eigenvalue weighted by atomic mass is 14.3. The fraction of sp³-hybridized carbons (Fsp3) is 0.846. The third-order valence-corrected chi connectivity index (χ3v) is 3.87. The quantitative estimate of drug-likeness (QED) is 0.480. The van der Waals surface area contributed by atoms with Crippen molar-refractivity contribution in [2.24, 2.45) is 5.41 Å². The highest BCUT2D eigenvalue weighted by Gasteiger charge is 2.28. The zero-order chi connectivity index (χ0) is 8.99. The van der Waals surface area contributed by atoms with Crippen molar-refractivity contribution in [1.82, 2.24) is 0 Å². The third kappa shape index (κ3) is 2.36. The van der Waals surface area contributed by atoms with E-state index in [4.69, 9.17) is 0 Å². The second-order valence-electron chi connectivity index (χ2n) is 4.92. The molecule has 0 heteroatoms. The fourth-order valence-electron chi connectivity index (χ4n) is 3.01. The van der Waals surface area contributed by atoms with Crippen LogP contribution in [0.15, 0.2) is 12.2 Å². The summed E-state index contributed by atoms with van der Waals surface area (Å²) in [6.45, 7) is 0. The predicted octanol–water partition coefficient (Wildman–Crippen LogP) is 4.46. The zero-order valence-corrected chi connectivity index (χ0v) is 8.73. The molecule has 0 nitrogen and oxygen atoms in total. The Morgan fingerprint density at radius 2 is 1.31 bits per heavy atom. The summed E-state index contributed by atoms with van der Waals surface area (Å²) in [6.07, 6.45) is 19.6. The highest BCUT2D eigenvalue weighted by molar-refractivity contribution is 5.03. The van der Waals surface area contributed by atoms with Gasteiger partial charge in [0.2, 0.25) is 0 Å². The molecule has 1 saturated carbocycles. The fourth-order valence-corrected chi connectivity index (χ4v) is 3.01. The number of rotatable bonds is 0. The first-order valence-electron chi connectivity index (χ1n) is 6.09. The average molecular weight is 178 g/mol. The van der Waals surface area contributed by atoms with E-state index < -0.39 is 0 Å². The molecule has 0 bridgehead atoms. The van der Waals surface area contributed by atoms with Crippen molar-refractivity contribution >= 4 is 0 Å². The van der Waals surface area contributed by atoms with E-state index in [0.29, 0.717) is 5.41 Å². The van der Waals surface area contributed by atoms with Crippen LogP contribution in [0.25, 0.3) is 0 Å². The predicted molar refractivity (Wildman–Crippen MR) is 57.7 cm³/mol. The Morgan fingerprint density at radius 3 is 1.92 bits per heavy atom. The van der Waals surface area contributed by atoms with Crippen LogP contribution < -0.4 is 0 Å². The minimum Gasteiger partial charge on any atom is -0.0880 e. The van der Waals surface area contributed by atoms with E-state index in [2.05, 4.69) is 12.2 Å². The van der Waals surface area contributed by atoms with Gasteiger partial charge in [0.25, 0.3) is 0 Å². The Morgan fingerprint density at radius 1 is 0.692 bits per heavy atom. The monoisotopic (exact) mass is 178 g/mol. The molecule has 0 aromatic heterocycles. The second-order valence-corrected chi connectivity index (χ2v) is 4.92.